The molecule has 24 heavy (non-hydrogen) atoms. The number of carbonyl (C=O) groups excluding carboxylic acids is 1. The van der Waals surface area contributed by atoms with E-state index in [1.807, 2.05) is 0 Å². The van der Waals surface area contributed by atoms with E-state index in [1.165, 1.54) is 27.4 Å². The molecule has 0 fully saturated rings. The van der Waals surface area contributed by atoms with Crippen molar-refractivity contribution in [3.63, 3.8) is 0 Å². The van der Waals surface area contributed by atoms with E-state index in [9.17, 15) is 4.79 Å². The SMILES string of the molecule is COc1ccccc1OC(=O)/C=C/c1cc(Cl)c(OC)c(OC)c1. The van der Waals surface area contributed by atoms with Crippen LogP contribution in [-0.2, 0) is 4.79 Å². The molecule has 0 aliphatic heterocycles. The Hall–Kier alpha value is -2.66. The van der Waals surface area contributed by atoms with Crippen LogP contribution < -0.4 is 18.9 Å². The van der Waals surface area contributed by atoms with Crippen molar-refractivity contribution in [2.24, 2.45) is 0 Å². The van der Waals surface area contributed by atoms with E-state index in [4.69, 9.17) is 30.5 Å². The highest BCUT2D eigenvalue weighted by Gasteiger charge is 2.10. The summed E-state index contributed by atoms with van der Waals surface area (Å²) in [4.78, 5) is 12.0. The zero-order valence-electron chi connectivity index (χ0n) is 13.5. The Morgan fingerprint density at radius 3 is 2.25 bits per heavy atom. The molecule has 0 spiro atoms. The van der Waals surface area contributed by atoms with Crippen molar-refractivity contribution in [1.29, 1.82) is 0 Å². The van der Waals surface area contributed by atoms with Gasteiger partial charge in [-0.05, 0) is 35.9 Å². The number of halogens is 1. The molecule has 0 radical (unpaired) electrons. The van der Waals surface area contributed by atoms with Crippen LogP contribution in [0.3, 0.4) is 0 Å². The van der Waals surface area contributed by atoms with Crippen LogP contribution in [0.1, 0.15) is 5.56 Å². The average Bonchev–Trinajstić information content (AvgIpc) is 2.59. The number of rotatable bonds is 6. The standard InChI is InChI=1S/C18H17ClO5/c1-21-14-6-4-5-7-15(14)24-17(20)9-8-12-10-13(19)18(23-3)16(11-12)22-2/h4-11H,1-3H3/b9-8+. The zero-order chi connectivity index (χ0) is 17.5. The van der Waals surface area contributed by atoms with Gasteiger partial charge in [-0.1, -0.05) is 23.7 Å². The molecule has 126 valence electrons. The van der Waals surface area contributed by atoms with Crippen molar-refractivity contribution in [2.75, 3.05) is 21.3 Å². The van der Waals surface area contributed by atoms with Crippen LogP contribution in [0.25, 0.3) is 6.08 Å². The highest BCUT2D eigenvalue weighted by atomic mass is 35.5. The molecule has 0 unspecified atom stereocenters. The largest absolute Gasteiger partial charge is 0.493 e. The van der Waals surface area contributed by atoms with Gasteiger partial charge in [0.2, 0.25) is 0 Å². The molecule has 0 aromatic heterocycles. The third-order valence-corrected chi connectivity index (χ3v) is 3.43. The fraction of sp³-hybridized carbons (Fsp3) is 0.167. The number of carbonyl (C=O) groups is 1. The summed E-state index contributed by atoms with van der Waals surface area (Å²) in [5.41, 5.74) is 0.676. The van der Waals surface area contributed by atoms with E-state index >= 15 is 0 Å². The van der Waals surface area contributed by atoms with Crippen molar-refractivity contribution >= 4 is 23.6 Å². The van der Waals surface area contributed by atoms with Gasteiger partial charge in [-0.25, -0.2) is 4.79 Å². The molecule has 5 nitrogen and oxygen atoms in total. The highest BCUT2D eigenvalue weighted by Crippen LogP contribution is 2.36. The minimum atomic E-state index is -0.537. The van der Waals surface area contributed by atoms with Gasteiger partial charge in [0.1, 0.15) is 0 Å². The molecular formula is C18H17ClO5. The normalized spacial score (nSPS) is 10.5. The van der Waals surface area contributed by atoms with Crippen molar-refractivity contribution in [3.05, 3.63) is 53.1 Å². The molecule has 0 saturated heterocycles. The third kappa shape index (κ3) is 4.20. The second-order valence-corrected chi connectivity index (χ2v) is 5.05. The van der Waals surface area contributed by atoms with Crippen LogP contribution in [0.2, 0.25) is 5.02 Å². The Morgan fingerprint density at radius 2 is 1.62 bits per heavy atom. The van der Waals surface area contributed by atoms with Gasteiger partial charge in [-0.2, -0.15) is 0 Å². The van der Waals surface area contributed by atoms with Gasteiger partial charge in [0.05, 0.1) is 26.4 Å². The van der Waals surface area contributed by atoms with E-state index in [2.05, 4.69) is 0 Å². The number of methoxy groups -OCH3 is 3. The minimum Gasteiger partial charge on any atom is -0.493 e. The molecule has 2 rings (SSSR count). The number of hydrogen-bond donors (Lipinski definition) is 0. The first kappa shape index (κ1) is 17.7. The second-order valence-electron chi connectivity index (χ2n) is 4.64. The first-order valence-corrected chi connectivity index (χ1v) is 7.41. The second kappa shape index (κ2) is 8.26. The van der Waals surface area contributed by atoms with Crippen LogP contribution in [-0.4, -0.2) is 27.3 Å². The van der Waals surface area contributed by atoms with Crippen molar-refractivity contribution in [1.82, 2.24) is 0 Å². The van der Waals surface area contributed by atoms with E-state index in [1.54, 1.807) is 42.5 Å². The van der Waals surface area contributed by atoms with Crippen LogP contribution >= 0.6 is 11.6 Å². The van der Waals surface area contributed by atoms with Crippen molar-refractivity contribution in [2.45, 2.75) is 0 Å². The highest BCUT2D eigenvalue weighted by molar-refractivity contribution is 6.32. The lowest BCUT2D eigenvalue weighted by Gasteiger charge is -2.10. The summed E-state index contributed by atoms with van der Waals surface area (Å²) >= 11 is 6.13. The quantitative estimate of drug-likeness (QED) is 0.449. The number of esters is 1. The van der Waals surface area contributed by atoms with E-state index in [0.29, 0.717) is 33.6 Å². The van der Waals surface area contributed by atoms with Crippen LogP contribution in [0.5, 0.6) is 23.0 Å². The molecule has 2 aromatic carbocycles. The van der Waals surface area contributed by atoms with Gasteiger partial charge in [0, 0.05) is 6.08 Å². The number of ether oxygens (including phenoxy) is 4. The van der Waals surface area contributed by atoms with Gasteiger partial charge >= 0.3 is 5.97 Å². The minimum absolute atomic E-state index is 0.347. The molecule has 0 saturated carbocycles. The van der Waals surface area contributed by atoms with Gasteiger partial charge in [0.15, 0.2) is 23.0 Å². The molecule has 0 atom stereocenters. The van der Waals surface area contributed by atoms with Crippen LogP contribution in [0.4, 0.5) is 0 Å². The summed E-state index contributed by atoms with van der Waals surface area (Å²) in [6.07, 6.45) is 2.87. The van der Waals surface area contributed by atoms with Gasteiger partial charge < -0.3 is 18.9 Å². The van der Waals surface area contributed by atoms with E-state index < -0.39 is 5.97 Å². The van der Waals surface area contributed by atoms with Crippen molar-refractivity contribution < 1.29 is 23.7 Å². The maximum atomic E-state index is 12.0. The fourth-order valence-corrected chi connectivity index (χ4v) is 2.34. The molecule has 0 bridgehead atoms. The lowest BCUT2D eigenvalue weighted by molar-refractivity contribution is -0.129. The molecule has 0 aliphatic rings. The van der Waals surface area contributed by atoms with E-state index in [0.717, 1.165) is 0 Å². The van der Waals surface area contributed by atoms with Gasteiger partial charge in [0.25, 0.3) is 0 Å². The number of benzene rings is 2. The zero-order valence-corrected chi connectivity index (χ0v) is 14.3. The monoisotopic (exact) mass is 348 g/mol. The maximum Gasteiger partial charge on any atom is 0.336 e. The molecular weight excluding hydrogens is 332 g/mol. The summed E-state index contributed by atoms with van der Waals surface area (Å²) in [5.74, 6) is 1.20. The summed E-state index contributed by atoms with van der Waals surface area (Å²) < 4.78 is 20.8. The molecule has 0 aliphatic carbocycles. The number of para-hydroxylation sites is 2. The summed E-state index contributed by atoms with van der Waals surface area (Å²) in [5, 5.41) is 0.384. The average molecular weight is 349 g/mol. The predicted octanol–water partition coefficient (Wildman–Crippen LogP) is 3.98. The summed E-state index contributed by atoms with van der Waals surface area (Å²) in [6, 6.07) is 10.3. The Labute approximate surface area is 145 Å². The Balaban J connectivity index is 2.15. The number of hydrogen-bond acceptors (Lipinski definition) is 5. The van der Waals surface area contributed by atoms with Gasteiger partial charge in [-0.3, -0.25) is 0 Å². The lowest BCUT2D eigenvalue weighted by Crippen LogP contribution is -2.04. The molecule has 0 N–H and O–H groups in total. The third-order valence-electron chi connectivity index (χ3n) is 3.15. The van der Waals surface area contributed by atoms with Crippen LogP contribution in [0, 0.1) is 0 Å². The topological polar surface area (TPSA) is 54.0 Å². The molecule has 0 heterocycles. The molecule has 0 amide bonds. The van der Waals surface area contributed by atoms with Gasteiger partial charge in [-0.15, -0.1) is 0 Å². The first-order chi connectivity index (χ1) is 11.6. The Kier molecular flexibility index (Phi) is 6.09. The molecule has 6 heteroatoms. The fourth-order valence-electron chi connectivity index (χ4n) is 2.04. The first-order valence-electron chi connectivity index (χ1n) is 7.03. The van der Waals surface area contributed by atoms with Crippen molar-refractivity contribution in [3.8, 4) is 23.0 Å². The maximum absolute atomic E-state index is 12.0. The Bertz CT molecular complexity index is 755. The predicted molar refractivity (Wildman–Crippen MR) is 92.2 cm³/mol. The Morgan fingerprint density at radius 1 is 0.958 bits per heavy atom. The summed E-state index contributed by atoms with van der Waals surface area (Å²) in [6.45, 7) is 0. The van der Waals surface area contributed by atoms with E-state index in [-0.39, 0.29) is 0 Å². The van der Waals surface area contributed by atoms with Crippen LogP contribution in [0.15, 0.2) is 42.5 Å². The lowest BCUT2D eigenvalue weighted by atomic mass is 10.2. The summed E-state index contributed by atoms with van der Waals surface area (Å²) in [7, 11) is 4.52. The molecule has 2 aromatic rings. The smallest absolute Gasteiger partial charge is 0.336 e.